The lowest BCUT2D eigenvalue weighted by Crippen LogP contribution is -2.12. The molecular formula is C17H18FN5O3. The van der Waals surface area contributed by atoms with Gasteiger partial charge in [-0.05, 0) is 26.0 Å². The number of nitrogens with zero attached hydrogens (tertiary/aromatic N) is 5. The van der Waals surface area contributed by atoms with Crippen LogP contribution in [0.25, 0.3) is 11.4 Å². The Bertz CT molecular complexity index is 933. The molecule has 0 aliphatic rings. The third-order valence-corrected chi connectivity index (χ3v) is 3.83. The van der Waals surface area contributed by atoms with Crippen molar-refractivity contribution >= 4 is 17.5 Å². The van der Waals surface area contributed by atoms with Crippen molar-refractivity contribution in [2.24, 2.45) is 7.05 Å². The number of anilines is 2. The van der Waals surface area contributed by atoms with Gasteiger partial charge in [-0.3, -0.25) is 9.67 Å². The van der Waals surface area contributed by atoms with E-state index in [1.54, 1.807) is 38.9 Å². The zero-order valence-corrected chi connectivity index (χ0v) is 14.9. The molecule has 0 saturated heterocycles. The fourth-order valence-electron chi connectivity index (χ4n) is 2.57. The zero-order chi connectivity index (χ0) is 18.8. The number of carbonyl (C=O) groups is 1. The molecule has 26 heavy (non-hydrogen) atoms. The second-order valence-corrected chi connectivity index (χ2v) is 5.59. The van der Waals surface area contributed by atoms with Crippen LogP contribution in [-0.4, -0.2) is 39.5 Å². The smallest absolute Gasteiger partial charge is 0.356 e. The van der Waals surface area contributed by atoms with E-state index in [4.69, 9.17) is 9.26 Å². The molecule has 0 bridgehead atoms. The molecule has 0 aromatic carbocycles. The molecule has 3 aromatic heterocycles. The SMILES string of the molecule is CCOC(=O)c1cc(N(C)c2c(-c3ccc(F)cn3)noc2C)nn1C. The minimum Gasteiger partial charge on any atom is -0.461 e. The largest absolute Gasteiger partial charge is 0.461 e. The van der Waals surface area contributed by atoms with Crippen molar-refractivity contribution in [2.75, 3.05) is 18.6 Å². The van der Waals surface area contributed by atoms with Gasteiger partial charge >= 0.3 is 5.97 Å². The van der Waals surface area contributed by atoms with E-state index in [0.717, 1.165) is 6.20 Å². The van der Waals surface area contributed by atoms with Crippen LogP contribution >= 0.6 is 0 Å². The molecule has 0 fully saturated rings. The third-order valence-electron chi connectivity index (χ3n) is 3.83. The number of hydrogen-bond donors (Lipinski definition) is 0. The van der Waals surface area contributed by atoms with E-state index >= 15 is 0 Å². The number of carbonyl (C=O) groups excluding carboxylic acids is 1. The Hall–Kier alpha value is -3.23. The highest BCUT2D eigenvalue weighted by molar-refractivity contribution is 5.89. The Morgan fingerprint density at radius 3 is 2.85 bits per heavy atom. The molecule has 0 aliphatic carbocycles. The first-order valence-electron chi connectivity index (χ1n) is 7.95. The van der Waals surface area contributed by atoms with Crippen molar-refractivity contribution in [3.05, 3.63) is 41.7 Å². The molecule has 0 amide bonds. The van der Waals surface area contributed by atoms with E-state index < -0.39 is 11.8 Å². The van der Waals surface area contributed by atoms with Gasteiger partial charge in [0, 0.05) is 20.2 Å². The quantitative estimate of drug-likeness (QED) is 0.647. The Kier molecular flexibility index (Phi) is 4.70. The Labute approximate surface area is 149 Å². The molecule has 0 unspecified atom stereocenters. The van der Waals surface area contributed by atoms with Gasteiger partial charge in [-0.25, -0.2) is 9.18 Å². The van der Waals surface area contributed by atoms with E-state index in [0.29, 0.717) is 34.3 Å². The zero-order valence-electron chi connectivity index (χ0n) is 14.9. The average molecular weight is 359 g/mol. The summed E-state index contributed by atoms with van der Waals surface area (Å²) in [4.78, 5) is 17.8. The lowest BCUT2D eigenvalue weighted by atomic mass is 10.2. The molecule has 0 radical (unpaired) electrons. The van der Waals surface area contributed by atoms with Gasteiger partial charge in [-0.2, -0.15) is 5.10 Å². The Balaban J connectivity index is 2.00. The van der Waals surface area contributed by atoms with E-state index in [9.17, 15) is 9.18 Å². The van der Waals surface area contributed by atoms with E-state index in [1.807, 2.05) is 0 Å². The average Bonchev–Trinajstić information content (AvgIpc) is 3.18. The van der Waals surface area contributed by atoms with Crippen LogP contribution in [0.15, 0.2) is 28.9 Å². The van der Waals surface area contributed by atoms with Crippen LogP contribution < -0.4 is 4.90 Å². The first-order chi connectivity index (χ1) is 12.4. The van der Waals surface area contributed by atoms with Gasteiger partial charge in [-0.1, -0.05) is 5.16 Å². The summed E-state index contributed by atoms with van der Waals surface area (Å²) in [5.74, 6) is 0.152. The van der Waals surface area contributed by atoms with Gasteiger partial charge in [0.15, 0.2) is 17.3 Å². The topological polar surface area (TPSA) is 86.3 Å². The molecule has 8 nitrogen and oxygen atoms in total. The number of aryl methyl sites for hydroxylation is 2. The van der Waals surface area contributed by atoms with Gasteiger partial charge in [-0.15, -0.1) is 0 Å². The summed E-state index contributed by atoms with van der Waals surface area (Å²) in [6, 6.07) is 4.44. The Morgan fingerprint density at radius 1 is 1.42 bits per heavy atom. The monoisotopic (exact) mass is 359 g/mol. The maximum absolute atomic E-state index is 13.1. The number of ether oxygens (including phenoxy) is 1. The van der Waals surface area contributed by atoms with Gasteiger partial charge in [0.25, 0.3) is 0 Å². The summed E-state index contributed by atoms with van der Waals surface area (Å²) < 4.78 is 24.9. The lowest BCUT2D eigenvalue weighted by molar-refractivity contribution is 0.0513. The molecule has 0 saturated carbocycles. The van der Waals surface area contributed by atoms with Crippen LogP contribution in [0, 0.1) is 12.7 Å². The summed E-state index contributed by atoms with van der Waals surface area (Å²) in [6.45, 7) is 3.77. The van der Waals surface area contributed by atoms with Crippen molar-refractivity contribution in [3.8, 4) is 11.4 Å². The van der Waals surface area contributed by atoms with Crippen LogP contribution in [0.3, 0.4) is 0 Å². The van der Waals surface area contributed by atoms with Crippen molar-refractivity contribution in [2.45, 2.75) is 13.8 Å². The number of esters is 1. The Morgan fingerprint density at radius 2 is 2.19 bits per heavy atom. The standard InChI is InChI=1S/C17H18FN5O3/c1-5-25-17(24)13-8-14(20-23(13)4)22(3)16-10(2)26-21-15(16)12-7-6-11(18)9-19-12/h6-9H,5H2,1-4H3. The minimum absolute atomic E-state index is 0.278. The highest BCUT2D eigenvalue weighted by Gasteiger charge is 2.24. The molecule has 0 N–H and O–H groups in total. The van der Waals surface area contributed by atoms with Crippen LogP contribution in [0.4, 0.5) is 15.9 Å². The van der Waals surface area contributed by atoms with E-state index in [1.165, 1.54) is 16.8 Å². The molecule has 136 valence electrons. The maximum atomic E-state index is 13.1. The van der Waals surface area contributed by atoms with Crippen LogP contribution in [-0.2, 0) is 11.8 Å². The molecule has 3 rings (SSSR count). The number of rotatable bonds is 5. The van der Waals surface area contributed by atoms with Crippen LogP contribution in [0.1, 0.15) is 23.2 Å². The molecule has 0 atom stereocenters. The van der Waals surface area contributed by atoms with Crippen molar-refractivity contribution < 1.29 is 18.4 Å². The second kappa shape index (κ2) is 6.95. The second-order valence-electron chi connectivity index (χ2n) is 5.59. The molecule has 9 heteroatoms. The van der Waals surface area contributed by atoms with Gasteiger partial charge in [0.05, 0.1) is 18.5 Å². The summed E-state index contributed by atoms with van der Waals surface area (Å²) in [5.41, 5.74) is 1.86. The van der Waals surface area contributed by atoms with E-state index in [2.05, 4.69) is 15.2 Å². The fourth-order valence-corrected chi connectivity index (χ4v) is 2.57. The van der Waals surface area contributed by atoms with Crippen molar-refractivity contribution in [1.82, 2.24) is 19.9 Å². The van der Waals surface area contributed by atoms with Gasteiger partial charge in [0.2, 0.25) is 0 Å². The van der Waals surface area contributed by atoms with Crippen LogP contribution in [0.2, 0.25) is 0 Å². The summed E-state index contributed by atoms with van der Waals surface area (Å²) in [5, 5.41) is 8.38. The van der Waals surface area contributed by atoms with Gasteiger partial charge in [0.1, 0.15) is 17.2 Å². The van der Waals surface area contributed by atoms with Crippen LogP contribution in [0.5, 0.6) is 0 Å². The normalized spacial score (nSPS) is 10.8. The summed E-state index contributed by atoms with van der Waals surface area (Å²) in [6.07, 6.45) is 1.11. The first-order valence-corrected chi connectivity index (χ1v) is 7.95. The third kappa shape index (κ3) is 3.15. The first kappa shape index (κ1) is 17.6. The number of hydrogen-bond acceptors (Lipinski definition) is 7. The molecule has 3 heterocycles. The maximum Gasteiger partial charge on any atom is 0.356 e. The minimum atomic E-state index is -0.454. The number of pyridine rings is 1. The van der Waals surface area contributed by atoms with Crippen molar-refractivity contribution in [3.63, 3.8) is 0 Å². The summed E-state index contributed by atoms with van der Waals surface area (Å²) in [7, 11) is 3.43. The predicted octanol–water partition coefficient (Wildman–Crippen LogP) is 2.86. The lowest BCUT2D eigenvalue weighted by Gasteiger charge is -2.15. The predicted molar refractivity (Wildman–Crippen MR) is 91.7 cm³/mol. The van der Waals surface area contributed by atoms with E-state index in [-0.39, 0.29) is 6.61 Å². The molecular weight excluding hydrogens is 341 g/mol. The number of halogens is 1. The summed E-state index contributed by atoms with van der Waals surface area (Å²) >= 11 is 0. The van der Waals surface area contributed by atoms with Gasteiger partial charge < -0.3 is 14.2 Å². The number of aromatic nitrogens is 4. The molecule has 0 aliphatic heterocycles. The van der Waals surface area contributed by atoms with Crippen molar-refractivity contribution in [1.29, 1.82) is 0 Å². The fraction of sp³-hybridized carbons (Fsp3) is 0.294. The highest BCUT2D eigenvalue weighted by atomic mass is 19.1. The molecule has 0 spiro atoms. The highest BCUT2D eigenvalue weighted by Crippen LogP contribution is 2.35. The molecule has 3 aromatic rings.